The van der Waals surface area contributed by atoms with Crippen LogP contribution in [0.1, 0.15) is 59.6 Å². The van der Waals surface area contributed by atoms with Gasteiger partial charge in [0.15, 0.2) is 0 Å². The molecule has 2 fully saturated rings. The molecule has 4 atom stereocenters. The van der Waals surface area contributed by atoms with Gasteiger partial charge in [-0.1, -0.05) is 46.4 Å². The van der Waals surface area contributed by atoms with Gasteiger partial charge in [-0.2, -0.15) is 86.4 Å². The Morgan fingerprint density at radius 3 is 1.24 bits per heavy atom. The first kappa shape index (κ1) is 61.1. The Morgan fingerprint density at radius 1 is 0.500 bits per heavy atom. The highest BCUT2D eigenvalue weighted by Gasteiger charge is 2.52. The molecule has 0 saturated carbocycles. The fourth-order valence-electron chi connectivity index (χ4n) is 9.17. The maximum Gasteiger partial charge on any atom is 0.534 e. The van der Waals surface area contributed by atoms with E-state index in [0.29, 0.717) is 25.5 Å². The van der Waals surface area contributed by atoms with Crippen LogP contribution >= 0.6 is 46.4 Å². The van der Waals surface area contributed by atoms with Crippen LogP contribution in [0.5, 0.6) is 11.5 Å². The van der Waals surface area contributed by atoms with Gasteiger partial charge < -0.3 is 18.2 Å². The standard InChI is InChI=1S/2C20H17Cl2F6N3O6S2/c21-14-7-12(37-39(35,36)20(26,27)28)8-15(22)13(14)5-10-3-4-30(18(10)32)11-1-2-17-16(6-11)29-9-31(17)38(33,34)19(23,24)25;21-14-7-12(37-39(35,36)20(26,27)28)8-15(22)13(14)5-10-3-4-30(18(10)32)11-1-2-16-17(6-11)31(9-29-16)38(33,34)19(23,24)25/h2*7-11H,1-6H2. The maximum absolute atomic E-state index is 13.2. The minimum Gasteiger partial charge on any atom is -0.376 e. The second-order valence-electron chi connectivity index (χ2n) is 17.7. The van der Waals surface area contributed by atoms with Gasteiger partial charge in [0.05, 0.1) is 22.8 Å². The Morgan fingerprint density at radius 2 is 0.859 bits per heavy atom. The highest BCUT2D eigenvalue weighted by Crippen LogP contribution is 2.41. The molecule has 0 bridgehead atoms. The Kier molecular flexibility index (Phi) is 16.8. The number of imidazole rings is 2. The van der Waals surface area contributed by atoms with Crippen molar-refractivity contribution in [1.29, 1.82) is 0 Å². The minimum atomic E-state index is -5.97. The molecule has 432 valence electrons. The number of rotatable bonds is 12. The number of benzene rings is 2. The minimum absolute atomic E-state index is 0.0320. The van der Waals surface area contributed by atoms with Crippen molar-refractivity contribution in [3.05, 3.63) is 90.9 Å². The van der Waals surface area contributed by atoms with E-state index in [1.807, 2.05) is 0 Å². The lowest BCUT2D eigenvalue weighted by atomic mass is 9.94. The summed E-state index contributed by atoms with van der Waals surface area (Å²) in [5.41, 5.74) is -22.0. The first-order valence-corrected chi connectivity index (χ1v) is 29.2. The SMILES string of the molecule is O=C1C(Cc2c(Cl)cc(OS(=O)(=O)C(F)(F)F)cc2Cl)CCN1C1CCc2c(ncn2S(=O)(=O)C(F)(F)F)C1.O=C1C(Cc2c(Cl)cc(OS(=O)(=O)C(F)(F)F)cc2Cl)CCN1C1CCc2ncn(S(=O)(=O)C(F)(F)F)c2C1. The Balaban J connectivity index is 0.000000226. The summed E-state index contributed by atoms with van der Waals surface area (Å²) in [6, 6.07) is 2.22. The third-order valence-corrected chi connectivity index (χ3v) is 19.1. The normalized spacial score (nSPS) is 20.8. The first-order valence-electron chi connectivity index (χ1n) is 22.0. The van der Waals surface area contributed by atoms with Gasteiger partial charge in [0.1, 0.15) is 24.2 Å². The van der Waals surface area contributed by atoms with Crippen molar-refractivity contribution in [2.24, 2.45) is 11.8 Å². The average Bonchev–Trinajstić information content (AvgIpc) is 4.14. The first-order chi connectivity index (χ1) is 35.7. The molecule has 2 aromatic heterocycles. The van der Waals surface area contributed by atoms with Gasteiger partial charge in [-0.25, -0.2) is 17.9 Å². The number of aromatic nitrogens is 4. The monoisotopic (exact) mass is 1290 g/mol. The Bertz CT molecular complexity index is 3460. The van der Waals surface area contributed by atoms with Crippen LogP contribution in [0.15, 0.2) is 36.9 Å². The smallest absolute Gasteiger partial charge is 0.376 e. The number of amides is 2. The van der Waals surface area contributed by atoms with Crippen molar-refractivity contribution in [1.82, 2.24) is 27.7 Å². The molecule has 4 unspecified atom stereocenters. The van der Waals surface area contributed by atoms with Crippen molar-refractivity contribution in [3.8, 4) is 11.5 Å². The summed E-state index contributed by atoms with van der Waals surface area (Å²) in [7, 11) is -23.3. The topological polar surface area (TPSA) is 231 Å². The van der Waals surface area contributed by atoms with E-state index in [0.717, 1.165) is 24.3 Å². The molecule has 18 nitrogen and oxygen atoms in total. The van der Waals surface area contributed by atoms with Crippen LogP contribution < -0.4 is 8.37 Å². The summed E-state index contributed by atoms with van der Waals surface area (Å²) in [6.07, 6.45) is 2.15. The van der Waals surface area contributed by atoms with E-state index in [-0.39, 0.29) is 132 Å². The molecule has 2 saturated heterocycles. The van der Waals surface area contributed by atoms with Gasteiger partial charge in [0, 0.05) is 94.2 Å². The lowest BCUT2D eigenvalue weighted by Crippen LogP contribution is -2.42. The highest BCUT2D eigenvalue weighted by molar-refractivity contribution is 7.91. The summed E-state index contributed by atoms with van der Waals surface area (Å²) >= 11 is 24.4. The molecule has 0 spiro atoms. The van der Waals surface area contributed by atoms with E-state index in [2.05, 4.69) is 18.3 Å². The number of halogens is 16. The van der Waals surface area contributed by atoms with Gasteiger partial charge in [-0.15, -0.1) is 0 Å². The van der Waals surface area contributed by atoms with Gasteiger partial charge in [0.25, 0.3) is 0 Å². The fraction of sp³-hybridized carbons (Fsp3) is 0.500. The third-order valence-electron chi connectivity index (χ3n) is 12.9. The van der Waals surface area contributed by atoms with E-state index in [9.17, 15) is 95.9 Å². The molecule has 0 N–H and O–H groups in total. The van der Waals surface area contributed by atoms with E-state index >= 15 is 0 Å². The van der Waals surface area contributed by atoms with Crippen molar-refractivity contribution in [2.75, 3.05) is 13.1 Å². The van der Waals surface area contributed by atoms with E-state index in [4.69, 9.17) is 46.4 Å². The summed E-state index contributed by atoms with van der Waals surface area (Å²) in [6.45, 7) is 0.467. The van der Waals surface area contributed by atoms with Crippen molar-refractivity contribution in [3.63, 3.8) is 0 Å². The molecule has 0 radical (unpaired) electrons. The molecule has 4 aromatic rings. The number of fused-ring (bicyclic) bond motifs is 2. The summed E-state index contributed by atoms with van der Waals surface area (Å²) in [4.78, 5) is 36.9. The fourth-order valence-corrected chi connectivity index (χ4v) is 13.0. The highest BCUT2D eigenvalue weighted by atomic mass is 35.5. The number of likely N-dealkylation sites (tertiary alicyclic amines) is 2. The maximum atomic E-state index is 13.2. The summed E-state index contributed by atoms with van der Waals surface area (Å²) in [5.74, 6) is -3.66. The van der Waals surface area contributed by atoms with Crippen LogP contribution in [0, 0.1) is 11.8 Å². The number of nitrogens with zero attached hydrogens (tertiary/aromatic N) is 6. The molecule has 38 heteroatoms. The number of hydrogen-bond acceptors (Lipinski definition) is 14. The molecule has 2 aromatic carbocycles. The van der Waals surface area contributed by atoms with Gasteiger partial charge in [0.2, 0.25) is 11.8 Å². The summed E-state index contributed by atoms with van der Waals surface area (Å²) in [5, 5.41) is -0.936. The van der Waals surface area contributed by atoms with Crippen LogP contribution in [0.2, 0.25) is 20.1 Å². The van der Waals surface area contributed by atoms with Crippen LogP contribution in [0.25, 0.3) is 0 Å². The van der Waals surface area contributed by atoms with Crippen molar-refractivity contribution < 1.29 is 104 Å². The molecule has 78 heavy (non-hydrogen) atoms. The molecule has 2 aliphatic heterocycles. The zero-order valence-corrected chi connectivity index (χ0v) is 44.8. The van der Waals surface area contributed by atoms with Crippen LogP contribution in [0.4, 0.5) is 52.7 Å². The number of alkyl halides is 12. The zero-order chi connectivity index (χ0) is 58.3. The van der Waals surface area contributed by atoms with Crippen LogP contribution in [0.3, 0.4) is 0 Å². The number of carbonyl (C=O) groups is 2. The lowest BCUT2D eigenvalue weighted by molar-refractivity contribution is -0.133. The quantitative estimate of drug-likeness (QED) is 0.0741. The van der Waals surface area contributed by atoms with Gasteiger partial charge in [-0.3, -0.25) is 9.59 Å². The largest absolute Gasteiger partial charge is 0.534 e. The predicted octanol–water partition coefficient (Wildman–Crippen LogP) is 8.13. The van der Waals surface area contributed by atoms with E-state index in [1.54, 1.807) is 0 Å². The van der Waals surface area contributed by atoms with E-state index < -0.39 is 104 Å². The second-order valence-corrected chi connectivity index (χ2v) is 26.0. The molecule has 4 heterocycles. The summed E-state index contributed by atoms with van der Waals surface area (Å²) < 4.78 is 254. The number of hydrogen-bond donors (Lipinski definition) is 0. The van der Waals surface area contributed by atoms with Gasteiger partial charge in [-0.05, 0) is 62.5 Å². The van der Waals surface area contributed by atoms with Crippen LogP contribution in [-0.2, 0) is 88.4 Å². The molecular formula is C40H34Cl4F12N6O12S4. The zero-order valence-electron chi connectivity index (χ0n) is 38.5. The average molecular weight is 1290 g/mol. The van der Waals surface area contributed by atoms with Crippen LogP contribution in [-0.4, -0.2) is 120 Å². The third kappa shape index (κ3) is 12.1. The molecular weight excluding hydrogens is 1250 g/mol. The Labute approximate surface area is 453 Å². The molecule has 8 rings (SSSR count). The predicted molar refractivity (Wildman–Crippen MR) is 248 cm³/mol. The van der Waals surface area contributed by atoms with Crippen molar-refractivity contribution in [2.45, 2.75) is 98.3 Å². The van der Waals surface area contributed by atoms with Crippen molar-refractivity contribution >= 4 is 98.5 Å². The molecule has 4 aliphatic rings. The number of carbonyl (C=O) groups excluding carboxylic acids is 2. The molecule has 2 amide bonds. The molecule has 2 aliphatic carbocycles. The van der Waals surface area contributed by atoms with E-state index in [1.165, 1.54) is 9.80 Å². The van der Waals surface area contributed by atoms with Gasteiger partial charge >= 0.3 is 62.3 Å². The number of aryl methyl sites for hydroxylation is 1. The second kappa shape index (κ2) is 21.4. The Hall–Kier alpha value is -4.48. The lowest BCUT2D eigenvalue weighted by Gasteiger charge is -2.31.